The molecule has 3 nitrogen and oxygen atoms in total. The lowest BCUT2D eigenvalue weighted by atomic mass is 9.90. The van der Waals surface area contributed by atoms with E-state index in [1.165, 1.54) is 17.2 Å². The van der Waals surface area contributed by atoms with Gasteiger partial charge in [-0.15, -0.1) is 0 Å². The Morgan fingerprint density at radius 1 is 1.44 bits per heavy atom. The van der Waals surface area contributed by atoms with Crippen LogP contribution in [0.15, 0.2) is 36.9 Å². The third-order valence-electron chi connectivity index (χ3n) is 2.84. The zero-order valence-corrected chi connectivity index (χ0v) is 11.5. The third kappa shape index (κ3) is 3.70. The molecule has 1 N–H and O–H groups in total. The van der Waals surface area contributed by atoms with E-state index < -0.39 is 5.97 Å². The number of hydrogen-bond acceptors (Lipinski definition) is 3. The molecule has 1 atom stereocenters. The van der Waals surface area contributed by atoms with Crippen molar-refractivity contribution in [3.05, 3.63) is 48.0 Å². The van der Waals surface area contributed by atoms with Crippen molar-refractivity contribution < 1.29 is 9.53 Å². The van der Waals surface area contributed by atoms with Gasteiger partial charge in [0.1, 0.15) is 0 Å². The van der Waals surface area contributed by atoms with Crippen LogP contribution in [0.1, 0.15) is 31.9 Å². The molecule has 0 saturated carbocycles. The number of carbonyl (C=O) groups excluding carboxylic acids is 1. The van der Waals surface area contributed by atoms with Crippen molar-refractivity contribution in [3.63, 3.8) is 0 Å². The van der Waals surface area contributed by atoms with Crippen LogP contribution in [0, 0.1) is 6.92 Å². The predicted octanol–water partition coefficient (Wildman–Crippen LogP) is 2.89. The molecule has 98 valence electrons. The second kappa shape index (κ2) is 5.83. The lowest BCUT2D eigenvalue weighted by Crippen LogP contribution is -2.44. The quantitative estimate of drug-likeness (QED) is 0.494. The van der Waals surface area contributed by atoms with Crippen molar-refractivity contribution in [3.8, 4) is 0 Å². The number of nitrogens with one attached hydrogen (secondary N) is 1. The van der Waals surface area contributed by atoms with Gasteiger partial charge in [0.15, 0.2) is 6.23 Å². The van der Waals surface area contributed by atoms with Crippen LogP contribution < -0.4 is 5.32 Å². The van der Waals surface area contributed by atoms with E-state index in [-0.39, 0.29) is 11.8 Å². The Kier molecular flexibility index (Phi) is 4.68. The fourth-order valence-corrected chi connectivity index (χ4v) is 2.11. The Morgan fingerprint density at radius 3 is 2.61 bits per heavy atom. The summed E-state index contributed by atoms with van der Waals surface area (Å²) >= 11 is 0. The summed E-state index contributed by atoms with van der Waals surface area (Å²) in [5.74, 6) is -0.421. The van der Waals surface area contributed by atoms with Gasteiger partial charge in [0.2, 0.25) is 0 Å². The lowest BCUT2D eigenvalue weighted by Gasteiger charge is -2.31. The smallest absolute Gasteiger partial charge is 0.331 e. The van der Waals surface area contributed by atoms with Crippen molar-refractivity contribution in [2.24, 2.45) is 0 Å². The molecular weight excluding hydrogens is 226 g/mol. The Morgan fingerprint density at radius 2 is 2.06 bits per heavy atom. The fourth-order valence-electron chi connectivity index (χ4n) is 2.11. The number of aryl methyl sites for hydroxylation is 1. The second-order valence-corrected chi connectivity index (χ2v) is 4.87. The van der Waals surface area contributed by atoms with Crippen LogP contribution in [0.3, 0.4) is 0 Å². The van der Waals surface area contributed by atoms with E-state index in [4.69, 9.17) is 4.74 Å². The summed E-state index contributed by atoms with van der Waals surface area (Å²) < 4.78 is 5.13. The molecule has 0 saturated heterocycles. The maximum absolute atomic E-state index is 11.1. The minimum atomic E-state index is -0.421. The van der Waals surface area contributed by atoms with Gasteiger partial charge in [-0.2, -0.15) is 0 Å². The van der Waals surface area contributed by atoms with E-state index in [0.717, 1.165) is 0 Å². The van der Waals surface area contributed by atoms with E-state index in [1.54, 1.807) is 6.92 Å². The van der Waals surface area contributed by atoms with Crippen LogP contribution >= 0.6 is 0 Å². The molecule has 0 heterocycles. The highest BCUT2D eigenvalue weighted by Gasteiger charge is 2.24. The molecule has 1 unspecified atom stereocenters. The zero-order valence-electron chi connectivity index (χ0n) is 11.5. The molecule has 0 amide bonds. The largest absolute Gasteiger partial charge is 0.444 e. The monoisotopic (exact) mass is 247 g/mol. The molecule has 0 radical (unpaired) electrons. The Bertz CT molecular complexity index is 438. The van der Waals surface area contributed by atoms with Crippen LogP contribution in [0.2, 0.25) is 0 Å². The number of esters is 1. The molecule has 1 rings (SSSR count). The van der Waals surface area contributed by atoms with Crippen molar-refractivity contribution in [2.45, 2.75) is 39.5 Å². The predicted molar refractivity (Wildman–Crippen MR) is 73.1 cm³/mol. The first-order valence-electron chi connectivity index (χ1n) is 6.03. The first kappa shape index (κ1) is 14.5. The maximum atomic E-state index is 11.1. The van der Waals surface area contributed by atoms with Crippen LogP contribution in [0.4, 0.5) is 0 Å². The summed E-state index contributed by atoms with van der Waals surface area (Å²) in [7, 11) is 0. The van der Waals surface area contributed by atoms with Crippen LogP contribution in [-0.4, -0.2) is 12.2 Å². The standard InChI is InChI=1S/C15H21NO2/c1-6-14(17)18-12(3)16-15(4,5)13-10-8-7-9-11(13)2/h6-10,12,16H,1H2,2-5H3. The minimum absolute atomic E-state index is 0.272. The van der Waals surface area contributed by atoms with E-state index in [0.29, 0.717) is 0 Å². The number of ether oxygens (including phenoxy) is 1. The van der Waals surface area contributed by atoms with Gasteiger partial charge in [0.05, 0.1) is 0 Å². The molecule has 0 aromatic heterocycles. The average Bonchev–Trinajstić information content (AvgIpc) is 2.28. The first-order chi connectivity index (χ1) is 8.36. The Hall–Kier alpha value is -1.61. The average molecular weight is 247 g/mol. The van der Waals surface area contributed by atoms with Gasteiger partial charge in [-0.1, -0.05) is 30.8 Å². The number of carbonyl (C=O) groups is 1. The first-order valence-corrected chi connectivity index (χ1v) is 6.03. The SMILES string of the molecule is C=CC(=O)OC(C)NC(C)(C)c1ccccc1C. The number of rotatable bonds is 5. The van der Waals surface area contributed by atoms with Crippen LogP contribution in [0.5, 0.6) is 0 Å². The van der Waals surface area contributed by atoms with Crippen LogP contribution in [-0.2, 0) is 15.1 Å². The highest BCUT2D eigenvalue weighted by molar-refractivity contribution is 5.81. The number of benzene rings is 1. The lowest BCUT2D eigenvalue weighted by molar-refractivity contribution is -0.144. The van der Waals surface area contributed by atoms with Gasteiger partial charge in [-0.25, -0.2) is 4.79 Å². The van der Waals surface area contributed by atoms with Gasteiger partial charge in [-0.05, 0) is 38.8 Å². The highest BCUT2D eigenvalue weighted by Crippen LogP contribution is 2.23. The number of hydrogen-bond donors (Lipinski definition) is 1. The molecule has 0 fully saturated rings. The molecule has 1 aromatic carbocycles. The Labute approximate surface area is 109 Å². The molecular formula is C15H21NO2. The molecule has 0 bridgehead atoms. The zero-order chi connectivity index (χ0) is 13.8. The van der Waals surface area contributed by atoms with Gasteiger partial charge in [0.25, 0.3) is 0 Å². The molecule has 0 aliphatic rings. The minimum Gasteiger partial charge on any atom is -0.444 e. The summed E-state index contributed by atoms with van der Waals surface area (Å²) in [4.78, 5) is 11.1. The van der Waals surface area contributed by atoms with Crippen molar-refractivity contribution in [1.29, 1.82) is 0 Å². The summed E-state index contributed by atoms with van der Waals surface area (Å²) in [6.45, 7) is 11.4. The maximum Gasteiger partial charge on any atom is 0.331 e. The second-order valence-electron chi connectivity index (χ2n) is 4.87. The van der Waals surface area contributed by atoms with Gasteiger partial charge in [-0.3, -0.25) is 5.32 Å². The molecule has 0 aliphatic heterocycles. The van der Waals surface area contributed by atoms with Crippen molar-refractivity contribution in [1.82, 2.24) is 5.32 Å². The third-order valence-corrected chi connectivity index (χ3v) is 2.84. The normalized spacial score (nSPS) is 12.9. The van der Waals surface area contributed by atoms with Crippen molar-refractivity contribution >= 4 is 5.97 Å². The molecule has 1 aromatic rings. The summed E-state index contributed by atoms with van der Waals surface area (Å²) in [6.07, 6.45) is 0.795. The highest BCUT2D eigenvalue weighted by atomic mass is 16.6. The van der Waals surface area contributed by atoms with Gasteiger partial charge < -0.3 is 4.74 Å². The Balaban J connectivity index is 2.79. The van der Waals surface area contributed by atoms with Gasteiger partial charge in [0, 0.05) is 11.6 Å². The summed E-state index contributed by atoms with van der Waals surface area (Å²) in [6, 6.07) is 8.16. The fraction of sp³-hybridized carbons (Fsp3) is 0.400. The molecule has 0 spiro atoms. The van der Waals surface area contributed by atoms with E-state index in [9.17, 15) is 4.79 Å². The summed E-state index contributed by atoms with van der Waals surface area (Å²) in [5, 5.41) is 3.29. The van der Waals surface area contributed by atoms with Crippen molar-refractivity contribution in [2.75, 3.05) is 0 Å². The van der Waals surface area contributed by atoms with E-state index >= 15 is 0 Å². The van der Waals surface area contributed by atoms with Gasteiger partial charge >= 0.3 is 5.97 Å². The molecule has 0 aliphatic carbocycles. The van der Waals surface area contributed by atoms with Crippen LogP contribution in [0.25, 0.3) is 0 Å². The van der Waals surface area contributed by atoms with E-state index in [1.807, 2.05) is 12.1 Å². The molecule has 3 heteroatoms. The summed E-state index contributed by atoms with van der Waals surface area (Å²) in [5.41, 5.74) is 2.12. The topological polar surface area (TPSA) is 38.3 Å². The molecule has 18 heavy (non-hydrogen) atoms. The van der Waals surface area contributed by atoms with E-state index in [2.05, 4.69) is 44.8 Å².